The van der Waals surface area contributed by atoms with Gasteiger partial charge in [-0.1, -0.05) is 42.5 Å². The first kappa shape index (κ1) is 24.8. The lowest BCUT2D eigenvalue weighted by Gasteiger charge is -2.50. The van der Waals surface area contributed by atoms with Crippen molar-refractivity contribution in [1.29, 1.82) is 0 Å². The Labute approximate surface area is 214 Å². The van der Waals surface area contributed by atoms with Gasteiger partial charge in [-0.2, -0.15) is 0 Å². The van der Waals surface area contributed by atoms with E-state index < -0.39 is 27.6 Å². The molecule has 2 fully saturated rings. The Hall–Kier alpha value is -2.88. The highest BCUT2D eigenvalue weighted by Crippen LogP contribution is 2.49. The first-order valence-electron chi connectivity index (χ1n) is 12.2. The highest BCUT2D eigenvalue weighted by molar-refractivity contribution is 7.90. The minimum Gasteiger partial charge on any atom is -0.598 e. The second-order valence-corrected chi connectivity index (χ2v) is 12.9. The molecule has 1 unspecified atom stereocenters. The third-order valence-electron chi connectivity index (χ3n) is 7.36. The van der Waals surface area contributed by atoms with Crippen molar-refractivity contribution in [3.8, 4) is 0 Å². The van der Waals surface area contributed by atoms with Gasteiger partial charge in [0.15, 0.2) is 0 Å². The number of carbonyl (C=O) groups is 3. The fourth-order valence-electron chi connectivity index (χ4n) is 5.44. The van der Waals surface area contributed by atoms with Gasteiger partial charge in [-0.05, 0) is 51.3 Å². The molecule has 1 aliphatic carbocycles. The molecule has 0 radical (unpaired) electrons. The van der Waals surface area contributed by atoms with Crippen LogP contribution in [0.4, 0.5) is 4.79 Å². The molecule has 3 amide bonds. The molecule has 1 N–H and O–H groups in total. The third kappa shape index (κ3) is 4.40. The zero-order chi connectivity index (χ0) is 25.7. The summed E-state index contributed by atoms with van der Waals surface area (Å²) in [5, 5.41) is 0. The summed E-state index contributed by atoms with van der Waals surface area (Å²) in [6.45, 7) is 6.71. The molecule has 0 bridgehead atoms. The van der Waals surface area contributed by atoms with Crippen molar-refractivity contribution in [3.05, 3.63) is 71.3 Å². The van der Waals surface area contributed by atoms with Crippen LogP contribution >= 0.6 is 0 Å². The number of ether oxygens (including phenoxy) is 1. The van der Waals surface area contributed by atoms with Crippen LogP contribution in [0.25, 0.3) is 0 Å². The quantitative estimate of drug-likeness (QED) is 0.489. The maximum Gasteiger partial charge on any atom is 0.410 e. The average molecular weight is 510 g/mol. The van der Waals surface area contributed by atoms with E-state index in [9.17, 15) is 18.9 Å². The number of benzene rings is 2. The van der Waals surface area contributed by atoms with Crippen molar-refractivity contribution >= 4 is 29.3 Å². The second kappa shape index (κ2) is 9.21. The van der Waals surface area contributed by atoms with Gasteiger partial charge >= 0.3 is 6.09 Å². The molecule has 2 aliphatic heterocycles. The maximum atomic E-state index is 13.1. The molecule has 5 rings (SSSR count). The molecule has 3 atom stereocenters. The van der Waals surface area contributed by atoms with Crippen LogP contribution in [0.2, 0.25) is 0 Å². The number of imide groups is 1. The minimum absolute atomic E-state index is 0.191. The van der Waals surface area contributed by atoms with Crippen molar-refractivity contribution in [2.75, 3.05) is 13.1 Å². The smallest absolute Gasteiger partial charge is 0.410 e. The summed E-state index contributed by atoms with van der Waals surface area (Å²) in [5.74, 6) is -0.571. The molecule has 0 aromatic heterocycles. The minimum atomic E-state index is -1.34. The first-order chi connectivity index (χ1) is 17.1. The van der Waals surface area contributed by atoms with Crippen LogP contribution < -0.4 is 4.72 Å². The van der Waals surface area contributed by atoms with Crippen molar-refractivity contribution in [2.24, 2.45) is 5.41 Å². The van der Waals surface area contributed by atoms with Gasteiger partial charge < -0.3 is 14.2 Å². The molecular weight excluding hydrogens is 478 g/mol. The van der Waals surface area contributed by atoms with E-state index in [-0.39, 0.29) is 30.5 Å². The average Bonchev–Trinajstić information content (AvgIpc) is 3.32. The van der Waals surface area contributed by atoms with Crippen molar-refractivity contribution in [1.82, 2.24) is 14.5 Å². The van der Waals surface area contributed by atoms with Gasteiger partial charge in [0.25, 0.3) is 11.8 Å². The van der Waals surface area contributed by atoms with Crippen LogP contribution in [0, 0.1) is 5.41 Å². The number of nitrogens with zero attached hydrogens (tertiary/aromatic N) is 2. The molecule has 2 aromatic rings. The van der Waals surface area contributed by atoms with Gasteiger partial charge in [0.1, 0.15) is 11.4 Å². The molecule has 8 nitrogen and oxygen atoms in total. The molecule has 1 saturated carbocycles. The number of rotatable bonds is 5. The number of hydrogen-bond acceptors (Lipinski definition) is 6. The summed E-state index contributed by atoms with van der Waals surface area (Å²) in [4.78, 5) is 42.0. The van der Waals surface area contributed by atoms with E-state index in [0.29, 0.717) is 37.1 Å². The van der Waals surface area contributed by atoms with E-state index in [2.05, 4.69) is 4.72 Å². The Bertz CT molecular complexity index is 1140. The fourth-order valence-corrected chi connectivity index (χ4v) is 6.39. The molecular formula is C27H31N3O5S. The molecule has 2 aromatic carbocycles. The Morgan fingerprint density at radius 1 is 1.06 bits per heavy atom. The van der Waals surface area contributed by atoms with Gasteiger partial charge in [0, 0.05) is 35.9 Å². The lowest BCUT2D eigenvalue weighted by Crippen LogP contribution is -2.65. The molecule has 2 heterocycles. The Balaban J connectivity index is 1.31. The largest absolute Gasteiger partial charge is 0.598 e. The van der Waals surface area contributed by atoms with E-state index in [1.807, 2.05) is 51.1 Å². The fraction of sp³-hybridized carbons (Fsp3) is 0.444. The number of fused-ring (bicyclic) bond motifs is 1. The van der Waals surface area contributed by atoms with E-state index in [0.717, 1.165) is 5.56 Å². The topological polar surface area (TPSA) is 102 Å². The number of nitrogens with one attached hydrogen (secondary N) is 1. The van der Waals surface area contributed by atoms with Gasteiger partial charge in [-0.15, -0.1) is 4.72 Å². The molecule has 1 spiro atoms. The number of carbonyl (C=O) groups excluding carboxylic acids is 3. The summed E-state index contributed by atoms with van der Waals surface area (Å²) in [5.41, 5.74) is 1.36. The Morgan fingerprint density at radius 3 is 2.22 bits per heavy atom. The SMILES string of the molecule is CC(C)(C)[S+]([O-])N[C@@H]1C[C@@H](N2C(=O)c3ccccc3C2=O)CC12CN(C(=O)OCc1ccccc1)C2. The maximum absolute atomic E-state index is 13.1. The summed E-state index contributed by atoms with van der Waals surface area (Å²) < 4.78 is 21.3. The summed E-state index contributed by atoms with van der Waals surface area (Å²) in [6.07, 6.45) is 0.629. The summed E-state index contributed by atoms with van der Waals surface area (Å²) >= 11 is -1.34. The molecule has 9 heteroatoms. The van der Waals surface area contributed by atoms with Crippen LogP contribution in [0.1, 0.15) is 59.9 Å². The zero-order valence-corrected chi connectivity index (χ0v) is 21.5. The van der Waals surface area contributed by atoms with E-state index in [4.69, 9.17) is 4.74 Å². The predicted octanol–water partition coefficient (Wildman–Crippen LogP) is 3.50. The van der Waals surface area contributed by atoms with Gasteiger partial charge in [-0.3, -0.25) is 14.5 Å². The van der Waals surface area contributed by atoms with E-state index in [1.165, 1.54) is 4.90 Å². The lowest BCUT2D eigenvalue weighted by molar-refractivity contribution is -0.0160. The number of likely N-dealkylation sites (tertiary alicyclic amines) is 1. The monoisotopic (exact) mass is 509 g/mol. The highest BCUT2D eigenvalue weighted by atomic mass is 32.2. The number of amides is 3. The van der Waals surface area contributed by atoms with Crippen LogP contribution in [-0.2, 0) is 22.7 Å². The van der Waals surface area contributed by atoms with Crippen molar-refractivity contribution < 1.29 is 23.7 Å². The Morgan fingerprint density at radius 2 is 1.64 bits per heavy atom. The van der Waals surface area contributed by atoms with Gasteiger partial charge in [-0.25, -0.2) is 4.79 Å². The number of hydrogen-bond donors (Lipinski definition) is 1. The van der Waals surface area contributed by atoms with Gasteiger partial charge in [0.05, 0.1) is 17.2 Å². The summed E-state index contributed by atoms with van der Waals surface area (Å²) in [6, 6.07) is 15.8. The molecule has 36 heavy (non-hydrogen) atoms. The van der Waals surface area contributed by atoms with Crippen LogP contribution in [-0.4, -0.2) is 62.2 Å². The molecule has 3 aliphatic rings. The first-order valence-corrected chi connectivity index (χ1v) is 13.3. The third-order valence-corrected chi connectivity index (χ3v) is 8.97. The summed E-state index contributed by atoms with van der Waals surface area (Å²) in [7, 11) is 0. The normalized spacial score (nSPS) is 23.6. The lowest BCUT2D eigenvalue weighted by atomic mass is 9.75. The van der Waals surface area contributed by atoms with Crippen molar-refractivity contribution in [2.45, 2.75) is 57.1 Å². The second-order valence-electron chi connectivity index (χ2n) is 10.9. The van der Waals surface area contributed by atoms with Gasteiger partial charge in [0.2, 0.25) is 0 Å². The Kier molecular flexibility index (Phi) is 6.34. The van der Waals surface area contributed by atoms with E-state index >= 15 is 0 Å². The zero-order valence-electron chi connectivity index (χ0n) is 20.7. The van der Waals surface area contributed by atoms with Crippen LogP contribution in [0.3, 0.4) is 0 Å². The van der Waals surface area contributed by atoms with Crippen LogP contribution in [0.15, 0.2) is 54.6 Å². The molecule has 1 saturated heterocycles. The van der Waals surface area contributed by atoms with E-state index in [1.54, 1.807) is 29.2 Å². The van der Waals surface area contributed by atoms with Crippen molar-refractivity contribution in [3.63, 3.8) is 0 Å². The highest BCUT2D eigenvalue weighted by Gasteiger charge is 2.60. The molecule has 190 valence electrons. The van der Waals surface area contributed by atoms with Crippen LogP contribution in [0.5, 0.6) is 0 Å². The standard InChI is InChI=1S/C27H31N3O5S/c1-26(2,3)36(34)28-22-13-19(30-23(31)20-11-7-8-12-21(20)24(30)32)14-27(22)16-29(17-27)25(33)35-15-18-9-5-4-6-10-18/h4-12,19,22,28H,13-17H2,1-3H3/t19-,22-,36?/m1/s1. The predicted molar refractivity (Wildman–Crippen MR) is 135 cm³/mol.